The number of sulfonamides is 1. The molecule has 0 spiro atoms. The Labute approximate surface area is 372 Å². The van der Waals surface area contributed by atoms with Gasteiger partial charge in [0.15, 0.2) is 5.82 Å². The Bertz CT molecular complexity index is 2600. The molecule has 1 aromatic heterocycles. The third-order valence-electron chi connectivity index (χ3n) is 12.1. The fraction of sp³-hybridized carbons (Fsp3) is 0.319. The van der Waals surface area contributed by atoms with Gasteiger partial charge in [-0.3, -0.25) is 24.6 Å². The van der Waals surface area contributed by atoms with Crippen LogP contribution in [0, 0.1) is 10.1 Å². The zero-order chi connectivity index (χ0) is 43.2. The third kappa shape index (κ3) is 10.3. The minimum Gasteiger partial charge on any atom is -0.376 e. The Kier molecular flexibility index (Phi) is 13.6. The molecular formula is C47H51ClN8O4S2. The van der Waals surface area contributed by atoms with Crippen molar-refractivity contribution < 1.29 is 13.3 Å². The van der Waals surface area contributed by atoms with Crippen LogP contribution in [0.3, 0.4) is 0 Å². The van der Waals surface area contributed by atoms with Crippen LogP contribution in [-0.4, -0.2) is 89.7 Å². The molecule has 2 N–H and O–H groups in total. The number of benzene rings is 5. The van der Waals surface area contributed by atoms with Gasteiger partial charge < -0.3 is 10.2 Å². The van der Waals surface area contributed by atoms with Crippen molar-refractivity contribution in [1.29, 1.82) is 0 Å². The zero-order valence-electron chi connectivity index (χ0n) is 34.9. The van der Waals surface area contributed by atoms with Gasteiger partial charge >= 0.3 is 0 Å². The maximum absolute atomic E-state index is 13.9. The van der Waals surface area contributed by atoms with Crippen molar-refractivity contribution in [2.75, 3.05) is 53.4 Å². The predicted octanol–water partition coefficient (Wildman–Crippen LogP) is 9.82. The molecule has 6 aromatic rings. The lowest BCUT2D eigenvalue weighted by molar-refractivity contribution is -0.384. The molecule has 2 saturated heterocycles. The minimum atomic E-state index is -4.28. The molecular weight excluding hydrogens is 840 g/mol. The Morgan fingerprint density at radius 1 is 0.871 bits per heavy atom. The lowest BCUT2D eigenvalue weighted by atomic mass is 9.99. The van der Waals surface area contributed by atoms with Crippen LogP contribution in [-0.2, 0) is 16.6 Å². The number of nitro groups is 1. The van der Waals surface area contributed by atoms with Gasteiger partial charge in [0, 0.05) is 90.2 Å². The van der Waals surface area contributed by atoms with Gasteiger partial charge in [0.1, 0.15) is 12.0 Å². The van der Waals surface area contributed by atoms with Crippen LogP contribution in [0.2, 0.25) is 5.02 Å². The molecule has 0 saturated carbocycles. The Balaban J connectivity index is 0.940. The molecule has 0 unspecified atom stereocenters. The van der Waals surface area contributed by atoms with Crippen molar-refractivity contribution in [1.82, 2.24) is 19.8 Å². The molecule has 8 rings (SSSR count). The lowest BCUT2D eigenvalue weighted by Gasteiger charge is -2.36. The molecule has 0 bridgehead atoms. The Morgan fingerprint density at radius 2 is 1.60 bits per heavy atom. The molecule has 3 atom stereocenters. The van der Waals surface area contributed by atoms with Gasteiger partial charge in [-0.1, -0.05) is 66.2 Å². The fourth-order valence-corrected chi connectivity index (χ4v) is 10.7. The van der Waals surface area contributed by atoms with E-state index < -0.39 is 14.9 Å². The second-order valence-corrected chi connectivity index (χ2v) is 19.4. The SMILES string of the molecule is C[C@@H]1CC[C@@H](C)N1CC[C@H](CSc1ccccc1)Nc1ccc(S(=O)(=O)Nc2ncnc3cc(N4CCN(Cc5ccccc5-c5ccc(Cl)cc5)CC4)ccc23)cc1[N+](=O)[O-]. The number of piperazine rings is 1. The first-order valence-electron chi connectivity index (χ1n) is 21.1. The topological polar surface area (TPSA) is 137 Å². The summed E-state index contributed by atoms with van der Waals surface area (Å²) in [6.07, 6.45) is 4.40. The molecule has 0 amide bonds. The van der Waals surface area contributed by atoms with E-state index >= 15 is 0 Å². The zero-order valence-corrected chi connectivity index (χ0v) is 37.2. The van der Waals surface area contributed by atoms with E-state index in [1.54, 1.807) is 11.8 Å². The van der Waals surface area contributed by atoms with Gasteiger partial charge in [0.05, 0.1) is 15.3 Å². The number of nitrogens with zero attached hydrogens (tertiary/aromatic N) is 6. The van der Waals surface area contributed by atoms with E-state index in [-0.39, 0.29) is 28.1 Å². The van der Waals surface area contributed by atoms with Gasteiger partial charge in [-0.05, 0) is 104 Å². The van der Waals surface area contributed by atoms with E-state index in [1.165, 1.54) is 29.6 Å². The molecule has 3 heterocycles. The van der Waals surface area contributed by atoms with Crippen molar-refractivity contribution in [3.8, 4) is 11.1 Å². The van der Waals surface area contributed by atoms with Gasteiger partial charge in [0.25, 0.3) is 15.7 Å². The van der Waals surface area contributed by atoms with E-state index in [1.807, 2.05) is 48.5 Å². The normalized spacial score (nSPS) is 17.9. The maximum Gasteiger partial charge on any atom is 0.293 e. The Morgan fingerprint density at radius 3 is 2.34 bits per heavy atom. The number of halogens is 1. The van der Waals surface area contributed by atoms with E-state index in [4.69, 9.17) is 11.6 Å². The first-order valence-corrected chi connectivity index (χ1v) is 23.9. The molecule has 62 heavy (non-hydrogen) atoms. The largest absolute Gasteiger partial charge is 0.376 e. The number of nitro benzene ring substituents is 1. The van der Waals surface area contributed by atoms with Crippen molar-refractivity contribution in [2.24, 2.45) is 0 Å². The molecule has 0 radical (unpaired) electrons. The average Bonchev–Trinajstić information content (AvgIpc) is 3.61. The highest BCUT2D eigenvalue weighted by Crippen LogP contribution is 2.33. The monoisotopic (exact) mass is 890 g/mol. The van der Waals surface area contributed by atoms with Crippen LogP contribution < -0.4 is 14.9 Å². The number of fused-ring (bicyclic) bond motifs is 1. The average molecular weight is 892 g/mol. The van der Waals surface area contributed by atoms with Crippen molar-refractivity contribution >= 4 is 67.2 Å². The summed E-state index contributed by atoms with van der Waals surface area (Å²) in [5.41, 5.74) is 5.13. The highest BCUT2D eigenvalue weighted by Gasteiger charge is 2.29. The van der Waals surface area contributed by atoms with Crippen LogP contribution in [0.25, 0.3) is 22.0 Å². The molecule has 322 valence electrons. The first kappa shape index (κ1) is 43.4. The summed E-state index contributed by atoms with van der Waals surface area (Å²) in [7, 11) is -4.28. The van der Waals surface area contributed by atoms with E-state index in [9.17, 15) is 18.5 Å². The van der Waals surface area contributed by atoms with Gasteiger partial charge in [0.2, 0.25) is 0 Å². The Hall–Kier alpha value is -5.25. The smallest absolute Gasteiger partial charge is 0.293 e. The van der Waals surface area contributed by atoms with Crippen LogP contribution in [0.15, 0.2) is 131 Å². The number of rotatable bonds is 16. The predicted molar refractivity (Wildman–Crippen MR) is 252 cm³/mol. The second-order valence-electron chi connectivity index (χ2n) is 16.2. The highest BCUT2D eigenvalue weighted by atomic mass is 35.5. The number of likely N-dealkylation sites (tertiary alicyclic amines) is 1. The third-order valence-corrected chi connectivity index (χ3v) is 14.8. The quantitative estimate of drug-likeness (QED) is 0.0546. The summed E-state index contributed by atoms with van der Waals surface area (Å²) >= 11 is 7.84. The minimum absolute atomic E-state index is 0.0962. The van der Waals surface area contributed by atoms with E-state index in [0.29, 0.717) is 33.8 Å². The van der Waals surface area contributed by atoms with Crippen molar-refractivity contribution in [2.45, 2.75) is 67.6 Å². The summed E-state index contributed by atoms with van der Waals surface area (Å²) in [6, 6.07) is 37.1. The number of hydrogen-bond donors (Lipinski definition) is 2. The van der Waals surface area contributed by atoms with Crippen LogP contribution in [0.4, 0.5) is 22.9 Å². The fourth-order valence-electron chi connectivity index (χ4n) is 8.56. The van der Waals surface area contributed by atoms with Gasteiger partial charge in [-0.2, -0.15) is 0 Å². The van der Waals surface area contributed by atoms with Crippen LogP contribution in [0.5, 0.6) is 0 Å². The van der Waals surface area contributed by atoms with Crippen LogP contribution in [0.1, 0.15) is 38.7 Å². The van der Waals surface area contributed by atoms with E-state index in [0.717, 1.165) is 80.7 Å². The molecule has 12 nitrogen and oxygen atoms in total. The summed E-state index contributed by atoms with van der Waals surface area (Å²) in [5, 5.41) is 17.2. The summed E-state index contributed by atoms with van der Waals surface area (Å²) < 4.78 is 30.3. The van der Waals surface area contributed by atoms with Gasteiger partial charge in [-0.25, -0.2) is 18.4 Å². The van der Waals surface area contributed by atoms with Crippen molar-refractivity contribution in [3.63, 3.8) is 0 Å². The molecule has 2 fully saturated rings. The molecule has 2 aliphatic rings. The van der Waals surface area contributed by atoms with E-state index in [2.05, 4.69) is 97.1 Å². The van der Waals surface area contributed by atoms with Crippen molar-refractivity contribution in [3.05, 3.63) is 142 Å². The summed E-state index contributed by atoms with van der Waals surface area (Å²) in [5.74, 6) is 0.776. The lowest BCUT2D eigenvalue weighted by Crippen LogP contribution is -2.46. The summed E-state index contributed by atoms with van der Waals surface area (Å²) in [4.78, 5) is 28.9. The summed E-state index contributed by atoms with van der Waals surface area (Å²) in [6.45, 7) is 9.54. The highest BCUT2D eigenvalue weighted by molar-refractivity contribution is 7.99. The maximum atomic E-state index is 13.9. The molecule has 2 aliphatic heterocycles. The molecule has 15 heteroatoms. The number of nitrogens with one attached hydrogen (secondary N) is 2. The van der Waals surface area contributed by atoms with Crippen LogP contribution >= 0.6 is 23.4 Å². The number of anilines is 3. The first-order chi connectivity index (χ1) is 30.0. The second kappa shape index (κ2) is 19.4. The standard InChI is InChI=1S/C47H51ClN8O4S2/c1-33-12-13-34(2)55(33)23-22-38(31-61-40-9-4-3-5-10-40)51-44-21-19-41(29-46(44)56(57)58)62(59,60)52-47-43-20-18-39(28-45(43)49-32-50-47)54-26-24-53(25-27-54)30-36-8-6-7-11-42(36)35-14-16-37(48)17-15-35/h3-11,14-21,28-29,32-34,38,51H,12-13,22-27,30-31H2,1-2H3,(H,49,50,52)/t33-,34-,38-/m1/s1. The van der Waals surface area contributed by atoms with Gasteiger partial charge in [-0.15, -0.1) is 11.8 Å². The molecule has 0 aliphatic carbocycles. The number of hydrogen-bond acceptors (Lipinski definition) is 11. The number of aromatic nitrogens is 2. The number of thioether (sulfide) groups is 1. The molecule has 5 aromatic carbocycles.